The van der Waals surface area contributed by atoms with Gasteiger partial charge >= 0.3 is 0 Å². The zero-order valence-corrected chi connectivity index (χ0v) is 16.4. The number of nitrogens with zero attached hydrogens (tertiary/aromatic N) is 1. The van der Waals surface area contributed by atoms with Crippen molar-refractivity contribution in [2.45, 2.75) is 12.8 Å². The molecule has 0 saturated carbocycles. The maximum absolute atomic E-state index is 12.9. The first-order valence-electron chi connectivity index (χ1n) is 9.08. The van der Waals surface area contributed by atoms with Crippen molar-refractivity contribution in [3.8, 4) is 0 Å². The van der Waals surface area contributed by atoms with Crippen LogP contribution in [-0.2, 0) is 22.4 Å². The fraction of sp³-hybridized carbons (Fsp3) is 0.136. The third-order valence-electron chi connectivity index (χ3n) is 4.00. The van der Waals surface area contributed by atoms with Crippen LogP contribution in [0.1, 0.15) is 16.8 Å². The second kappa shape index (κ2) is 10.3. The summed E-state index contributed by atoms with van der Waals surface area (Å²) in [5, 5.41) is 7.70. The van der Waals surface area contributed by atoms with Gasteiger partial charge in [0.2, 0.25) is 11.8 Å². The number of carbonyl (C=O) groups is 2. The highest BCUT2D eigenvalue weighted by Gasteiger charge is 2.09. The molecule has 1 heterocycles. The molecule has 0 radical (unpaired) electrons. The molecule has 0 saturated heterocycles. The number of halogens is 1. The third-order valence-corrected chi connectivity index (χ3v) is 4.81. The van der Waals surface area contributed by atoms with E-state index in [1.807, 2.05) is 30.3 Å². The van der Waals surface area contributed by atoms with Crippen LogP contribution in [-0.4, -0.2) is 23.3 Å². The predicted octanol–water partition coefficient (Wildman–Crippen LogP) is 3.84. The van der Waals surface area contributed by atoms with E-state index < -0.39 is 0 Å². The van der Waals surface area contributed by atoms with Gasteiger partial charge in [-0.1, -0.05) is 42.5 Å². The predicted molar refractivity (Wildman–Crippen MR) is 113 cm³/mol. The van der Waals surface area contributed by atoms with E-state index in [2.05, 4.69) is 15.6 Å². The van der Waals surface area contributed by atoms with Gasteiger partial charge in [-0.05, 0) is 35.8 Å². The lowest BCUT2D eigenvalue weighted by Crippen LogP contribution is -2.27. The van der Waals surface area contributed by atoms with Crippen LogP contribution in [0.2, 0.25) is 0 Å². The number of rotatable bonds is 8. The van der Waals surface area contributed by atoms with Crippen LogP contribution < -0.4 is 10.6 Å². The molecule has 0 aliphatic rings. The summed E-state index contributed by atoms with van der Waals surface area (Å²) in [7, 11) is 0. The highest BCUT2D eigenvalue weighted by atomic mass is 32.1. The largest absolute Gasteiger partial charge is 0.355 e. The molecule has 0 aliphatic carbocycles. The number of hydrogen-bond donors (Lipinski definition) is 2. The molecule has 29 heavy (non-hydrogen) atoms. The molecule has 0 spiro atoms. The summed E-state index contributed by atoms with van der Waals surface area (Å²) in [6, 6.07) is 15.7. The molecule has 148 valence electrons. The minimum Gasteiger partial charge on any atom is -0.355 e. The average molecular weight is 409 g/mol. The van der Waals surface area contributed by atoms with E-state index in [1.165, 1.54) is 29.5 Å². The Balaban J connectivity index is 1.42. The van der Waals surface area contributed by atoms with Crippen molar-refractivity contribution in [3.05, 3.63) is 88.7 Å². The van der Waals surface area contributed by atoms with Crippen LogP contribution in [0, 0.1) is 5.82 Å². The SMILES string of the molecule is O=C(/C=C/c1ccccc1)Nc1nc(CC(=O)NCCc2ccc(F)cc2)cs1. The first-order chi connectivity index (χ1) is 14.1. The van der Waals surface area contributed by atoms with Crippen molar-refractivity contribution in [3.63, 3.8) is 0 Å². The summed E-state index contributed by atoms with van der Waals surface area (Å²) in [4.78, 5) is 28.3. The number of amides is 2. The van der Waals surface area contributed by atoms with E-state index >= 15 is 0 Å². The highest BCUT2D eigenvalue weighted by molar-refractivity contribution is 7.14. The maximum atomic E-state index is 12.9. The molecule has 2 N–H and O–H groups in total. The summed E-state index contributed by atoms with van der Waals surface area (Å²) >= 11 is 1.27. The van der Waals surface area contributed by atoms with Crippen LogP contribution >= 0.6 is 11.3 Å². The van der Waals surface area contributed by atoms with Gasteiger partial charge in [-0.2, -0.15) is 0 Å². The van der Waals surface area contributed by atoms with Crippen LogP contribution in [0.5, 0.6) is 0 Å². The van der Waals surface area contributed by atoms with Crippen LogP contribution in [0.3, 0.4) is 0 Å². The summed E-state index contributed by atoms with van der Waals surface area (Å²) in [5.41, 5.74) is 2.48. The molecule has 0 aliphatic heterocycles. The van der Waals surface area contributed by atoms with E-state index in [0.717, 1.165) is 11.1 Å². The fourth-order valence-corrected chi connectivity index (χ4v) is 3.27. The molecule has 2 amide bonds. The molecular formula is C22H20FN3O2S. The Hall–Kier alpha value is -3.32. The molecule has 0 atom stereocenters. The molecule has 7 heteroatoms. The number of carbonyl (C=O) groups excluding carboxylic acids is 2. The van der Waals surface area contributed by atoms with E-state index in [1.54, 1.807) is 23.6 Å². The lowest BCUT2D eigenvalue weighted by molar-refractivity contribution is -0.120. The van der Waals surface area contributed by atoms with E-state index in [4.69, 9.17) is 0 Å². The monoisotopic (exact) mass is 409 g/mol. The minimum atomic E-state index is -0.279. The van der Waals surface area contributed by atoms with Crippen LogP contribution in [0.4, 0.5) is 9.52 Å². The lowest BCUT2D eigenvalue weighted by atomic mass is 10.1. The Labute approximate surface area is 172 Å². The van der Waals surface area contributed by atoms with E-state index in [-0.39, 0.29) is 24.1 Å². The van der Waals surface area contributed by atoms with Crippen molar-refractivity contribution < 1.29 is 14.0 Å². The number of aromatic nitrogens is 1. The van der Waals surface area contributed by atoms with Gasteiger partial charge in [-0.25, -0.2) is 9.37 Å². The van der Waals surface area contributed by atoms with Gasteiger partial charge in [0.25, 0.3) is 0 Å². The van der Waals surface area contributed by atoms with E-state index in [9.17, 15) is 14.0 Å². The zero-order valence-electron chi connectivity index (χ0n) is 15.6. The number of thiazole rings is 1. The zero-order chi connectivity index (χ0) is 20.5. The van der Waals surface area contributed by atoms with Gasteiger partial charge in [0, 0.05) is 18.0 Å². The van der Waals surface area contributed by atoms with Crippen molar-refractivity contribution in [2.24, 2.45) is 0 Å². The van der Waals surface area contributed by atoms with Crippen LogP contribution in [0.15, 0.2) is 66.1 Å². The van der Waals surface area contributed by atoms with Crippen molar-refractivity contribution in [1.29, 1.82) is 0 Å². The van der Waals surface area contributed by atoms with Crippen molar-refractivity contribution in [1.82, 2.24) is 10.3 Å². The maximum Gasteiger partial charge on any atom is 0.250 e. The normalized spacial score (nSPS) is 10.8. The summed E-state index contributed by atoms with van der Waals surface area (Å²) in [5.74, 6) is -0.711. The van der Waals surface area contributed by atoms with Crippen molar-refractivity contribution >= 4 is 34.4 Å². The molecule has 0 fully saturated rings. The smallest absolute Gasteiger partial charge is 0.250 e. The van der Waals surface area contributed by atoms with Gasteiger partial charge in [-0.15, -0.1) is 11.3 Å². The summed E-state index contributed by atoms with van der Waals surface area (Å²) in [6.07, 6.45) is 3.92. The molecular weight excluding hydrogens is 389 g/mol. The Kier molecular flexibility index (Phi) is 7.24. The molecule has 5 nitrogen and oxygen atoms in total. The van der Waals surface area contributed by atoms with Gasteiger partial charge in [0.05, 0.1) is 12.1 Å². The number of nitrogens with one attached hydrogen (secondary N) is 2. The Bertz CT molecular complexity index is 985. The fourth-order valence-electron chi connectivity index (χ4n) is 2.55. The van der Waals surface area contributed by atoms with Gasteiger partial charge in [-0.3, -0.25) is 14.9 Å². The first-order valence-corrected chi connectivity index (χ1v) is 9.96. The second-order valence-corrected chi connectivity index (χ2v) is 7.14. The average Bonchev–Trinajstić information content (AvgIpc) is 3.15. The quantitative estimate of drug-likeness (QED) is 0.556. The number of benzene rings is 2. The highest BCUT2D eigenvalue weighted by Crippen LogP contribution is 2.16. The second-order valence-electron chi connectivity index (χ2n) is 6.28. The summed E-state index contributed by atoms with van der Waals surface area (Å²) in [6.45, 7) is 0.461. The standard InChI is InChI=1S/C22H20FN3O2S/c23-18-9-6-17(7-10-18)12-13-24-21(28)14-19-15-29-22(25-19)26-20(27)11-8-16-4-2-1-3-5-16/h1-11,15H,12-14H2,(H,24,28)(H,25,26,27)/b11-8+. The van der Waals surface area contributed by atoms with Gasteiger partial charge in [0.1, 0.15) is 5.82 Å². The third kappa shape index (κ3) is 6.97. The Morgan fingerprint density at radius 1 is 1.07 bits per heavy atom. The molecule has 3 aromatic rings. The molecule has 1 aromatic heterocycles. The van der Waals surface area contributed by atoms with Crippen LogP contribution in [0.25, 0.3) is 6.08 Å². The van der Waals surface area contributed by atoms with Gasteiger partial charge in [0.15, 0.2) is 5.13 Å². The molecule has 0 unspecified atom stereocenters. The molecule has 0 bridgehead atoms. The summed E-state index contributed by atoms with van der Waals surface area (Å²) < 4.78 is 12.9. The Morgan fingerprint density at radius 2 is 1.83 bits per heavy atom. The first kappa shape index (κ1) is 20.4. The Morgan fingerprint density at radius 3 is 2.59 bits per heavy atom. The molecule has 2 aromatic carbocycles. The van der Waals surface area contributed by atoms with E-state index in [0.29, 0.717) is 23.8 Å². The number of hydrogen-bond acceptors (Lipinski definition) is 4. The number of anilines is 1. The lowest BCUT2D eigenvalue weighted by Gasteiger charge is -2.04. The van der Waals surface area contributed by atoms with Crippen molar-refractivity contribution in [2.75, 3.05) is 11.9 Å². The topological polar surface area (TPSA) is 71.1 Å². The van der Waals surface area contributed by atoms with Gasteiger partial charge < -0.3 is 5.32 Å². The minimum absolute atomic E-state index is 0.135. The molecule has 3 rings (SSSR count).